The first-order valence-electron chi connectivity index (χ1n) is 8.32. The molecule has 2 aliphatic rings. The molecular weight excluding hydrogens is 282 g/mol. The predicted molar refractivity (Wildman–Crippen MR) is 84.3 cm³/mol. The molecule has 0 heterocycles. The molecule has 0 spiro atoms. The van der Waals surface area contributed by atoms with Crippen molar-refractivity contribution in [3.05, 3.63) is 0 Å². The lowest BCUT2D eigenvalue weighted by Gasteiger charge is -2.40. The van der Waals surface area contributed by atoms with Gasteiger partial charge in [-0.2, -0.15) is 0 Å². The third kappa shape index (κ3) is 4.60. The molecule has 2 aliphatic carbocycles. The number of rotatable bonds is 4. The first-order chi connectivity index (χ1) is 10.3. The second-order valence-electron chi connectivity index (χ2n) is 7.34. The van der Waals surface area contributed by atoms with E-state index in [-0.39, 0.29) is 24.5 Å². The predicted octanol–water partition coefficient (Wildman–Crippen LogP) is 1.77. The number of carbonyl (C=O) groups is 2. The highest BCUT2D eigenvalue weighted by atomic mass is 16.6. The summed E-state index contributed by atoms with van der Waals surface area (Å²) in [5, 5.41) is 2.97. The van der Waals surface area contributed by atoms with Crippen molar-refractivity contribution in [1.82, 2.24) is 10.2 Å². The number of nitrogens with two attached hydrogens (primary N) is 1. The van der Waals surface area contributed by atoms with E-state index in [1.807, 2.05) is 25.7 Å². The number of alkyl carbamates (subject to hydrolysis) is 1. The van der Waals surface area contributed by atoms with Crippen LogP contribution >= 0.6 is 0 Å². The highest BCUT2D eigenvalue weighted by molar-refractivity contribution is 5.79. The second-order valence-corrected chi connectivity index (χ2v) is 7.34. The van der Waals surface area contributed by atoms with E-state index < -0.39 is 11.7 Å². The molecule has 0 radical (unpaired) electrons. The number of hydrogen-bond donors (Lipinski definition) is 2. The molecule has 0 aromatic carbocycles. The van der Waals surface area contributed by atoms with E-state index in [9.17, 15) is 9.59 Å². The minimum absolute atomic E-state index is 0.00890. The summed E-state index contributed by atoms with van der Waals surface area (Å²) >= 11 is 0. The molecule has 2 fully saturated rings. The second kappa shape index (κ2) is 6.86. The fourth-order valence-electron chi connectivity index (χ4n) is 3.19. The molecule has 0 bridgehead atoms. The summed E-state index contributed by atoms with van der Waals surface area (Å²) in [5.74, 6) is -0.00890. The van der Waals surface area contributed by atoms with Crippen LogP contribution in [0.1, 0.15) is 59.3 Å². The molecule has 6 nitrogen and oxygen atoms in total. The first kappa shape index (κ1) is 17.1. The Morgan fingerprint density at radius 2 is 1.82 bits per heavy atom. The van der Waals surface area contributed by atoms with Gasteiger partial charge >= 0.3 is 6.09 Å². The Hall–Kier alpha value is -1.30. The van der Waals surface area contributed by atoms with Crippen LogP contribution in [0.2, 0.25) is 0 Å². The van der Waals surface area contributed by atoms with Crippen LogP contribution in [-0.2, 0) is 9.53 Å². The SMILES string of the molecule is CC(C)(C)OC(=O)NC1CCCCC1N(C(=O)CN)C1CC1. The Labute approximate surface area is 132 Å². The average Bonchev–Trinajstić information content (AvgIpc) is 3.23. The Kier molecular flexibility index (Phi) is 5.32. The number of amides is 2. The van der Waals surface area contributed by atoms with E-state index in [2.05, 4.69) is 5.32 Å². The zero-order valence-corrected chi connectivity index (χ0v) is 13.9. The molecule has 126 valence electrons. The molecule has 6 heteroatoms. The van der Waals surface area contributed by atoms with E-state index in [4.69, 9.17) is 10.5 Å². The lowest BCUT2D eigenvalue weighted by atomic mass is 9.89. The summed E-state index contributed by atoms with van der Waals surface area (Å²) in [6.45, 7) is 5.57. The van der Waals surface area contributed by atoms with E-state index in [1.165, 1.54) is 0 Å². The van der Waals surface area contributed by atoms with Crippen LogP contribution in [0.5, 0.6) is 0 Å². The molecule has 2 saturated carbocycles. The Morgan fingerprint density at radius 1 is 1.18 bits per heavy atom. The van der Waals surface area contributed by atoms with Crippen molar-refractivity contribution >= 4 is 12.0 Å². The molecule has 2 unspecified atom stereocenters. The summed E-state index contributed by atoms with van der Waals surface area (Å²) in [7, 11) is 0. The molecule has 0 aromatic heterocycles. The maximum Gasteiger partial charge on any atom is 0.407 e. The smallest absolute Gasteiger partial charge is 0.407 e. The number of hydrogen-bond acceptors (Lipinski definition) is 4. The summed E-state index contributed by atoms with van der Waals surface area (Å²) in [6.07, 6.45) is 5.63. The van der Waals surface area contributed by atoms with Crippen molar-refractivity contribution in [2.45, 2.75) is 83.0 Å². The van der Waals surface area contributed by atoms with Crippen molar-refractivity contribution in [2.24, 2.45) is 5.73 Å². The average molecular weight is 311 g/mol. The van der Waals surface area contributed by atoms with Crippen LogP contribution in [0.3, 0.4) is 0 Å². The van der Waals surface area contributed by atoms with Crippen molar-refractivity contribution in [3.8, 4) is 0 Å². The molecule has 0 aliphatic heterocycles. The molecule has 2 amide bonds. The summed E-state index contributed by atoms with van der Waals surface area (Å²) in [4.78, 5) is 26.2. The van der Waals surface area contributed by atoms with Crippen LogP contribution in [0.25, 0.3) is 0 Å². The van der Waals surface area contributed by atoms with Gasteiger partial charge in [-0.05, 0) is 46.5 Å². The van der Waals surface area contributed by atoms with Gasteiger partial charge in [-0.3, -0.25) is 4.79 Å². The molecule has 22 heavy (non-hydrogen) atoms. The van der Waals surface area contributed by atoms with Crippen LogP contribution in [0.4, 0.5) is 4.79 Å². The maximum atomic E-state index is 12.2. The zero-order valence-electron chi connectivity index (χ0n) is 13.9. The van der Waals surface area contributed by atoms with E-state index in [0.29, 0.717) is 6.04 Å². The fraction of sp³-hybridized carbons (Fsp3) is 0.875. The van der Waals surface area contributed by atoms with Crippen molar-refractivity contribution in [1.29, 1.82) is 0 Å². The number of nitrogens with one attached hydrogen (secondary N) is 1. The summed E-state index contributed by atoms with van der Waals surface area (Å²) < 4.78 is 5.35. The molecule has 0 aromatic rings. The highest BCUT2D eigenvalue weighted by Crippen LogP contribution is 2.34. The van der Waals surface area contributed by atoms with Gasteiger partial charge in [0, 0.05) is 6.04 Å². The van der Waals surface area contributed by atoms with E-state index in [1.54, 1.807) is 0 Å². The largest absolute Gasteiger partial charge is 0.444 e. The van der Waals surface area contributed by atoms with Crippen molar-refractivity contribution in [2.75, 3.05) is 6.54 Å². The topological polar surface area (TPSA) is 84.7 Å². The maximum absolute atomic E-state index is 12.2. The summed E-state index contributed by atoms with van der Waals surface area (Å²) in [6, 6.07) is 0.312. The van der Waals surface area contributed by atoms with Gasteiger partial charge in [-0.1, -0.05) is 12.8 Å². The first-order valence-corrected chi connectivity index (χ1v) is 8.32. The number of nitrogens with zero attached hydrogens (tertiary/aromatic N) is 1. The van der Waals surface area contributed by atoms with Gasteiger partial charge in [-0.15, -0.1) is 0 Å². The van der Waals surface area contributed by atoms with Crippen molar-refractivity contribution in [3.63, 3.8) is 0 Å². The quantitative estimate of drug-likeness (QED) is 0.828. The third-order valence-corrected chi connectivity index (χ3v) is 4.19. The normalized spacial score (nSPS) is 25.5. The lowest BCUT2D eigenvalue weighted by molar-refractivity contribution is -0.134. The minimum Gasteiger partial charge on any atom is -0.444 e. The molecule has 0 saturated heterocycles. The zero-order chi connectivity index (χ0) is 16.3. The molecule has 3 N–H and O–H groups in total. The molecule has 2 atom stereocenters. The number of carbonyl (C=O) groups excluding carboxylic acids is 2. The standard InChI is InChI=1S/C16H29N3O3/c1-16(2,3)22-15(21)18-12-6-4-5-7-13(12)19(11-8-9-11)14(20)10-17/h11-13H,4-10,17H2,1-3H3,(H,18,21). The van der Waals surface area contributed by atoms with Gasteiger partial charge in [0.2, 0.25) is 5.91 Å². The Morgan fingerprint density at radius 3 is 2.36 bits per heavy atom. The minimum atomic E-state index is -0.516. The van der Waals surface area contributed by atoms with Gasteiger partial charge in [0.25, 0.3) is 0 Å². The monoisotopic (exact) mass is 311 g/mol. The van der Waals surface area contributed by atoms with Gasteiger partial charge in [0.05, 0.1) is 18.6 Å². The Bertz CT molecular complexity index is 415. The summed E-state index contributed by atoms with van der Waals surface area (Å²) in [5.41, 5.74) is 5.06. The number of ether oxygens (including phenoxy) is 1. The Balaban J connectivity index is 2.03. The lowest BCUT2D eigenvalue weighted by Crippen LogP contribution is -2.57. The highest BCUT2D eigenvalue weighted by Gasteiger charge is 2.41. The van der Waals surface area contributed by atoms with Gasteiger partial charge < -0.3 is 20.7 Å². The van der Waals surface area contributed by atoms with Gasteiger partial charge in [0.1, 0.15) is 5.60 Å². The van der Waals surface area contributed by atoms with Crippen molar-refractivity contribution < 1.29 is 14.3 Å². The van der Waals surface area contributed by atoms with E-state index >= 15 is 0 Å². The fourth-order valence-corrected chi connectivity index (χ4v) is 3.19. The van der Waals surface area contributed by atoms with Crippen LogP contribution in [-0.4, -0.2) is 47.2 Å². The van der Waals surface area contributed by atoms with Gasteiger partial charge in [0.15, 0.2) is 0 Å². The molecule has 2 rings (SSSR count). The third-order valence-electron chi connectivity index (χ3n) is 4.19. The van der Waals surface area contributed by atoms with E-state index in [0.717, 1.165) is 38.5 Å². The van der Waals surface area contributed by atoms with Crippen LogP contribution in [0.15, 0.2) is 0 Å². The molecular formula is C16H29N3O3. The van der Waals surface area contributed by atoms with Crippen LogP contribution < -0.4 is 11.1 Å². The van der Waals surface area contributed by atoms with Gasteiger partial charge in [-0.25, -0.2) is 4.79 Å². The van der Waals surface area contributed by atoms with Crippen LogP contribution in [0, 0.1) is 0 Å².